The highest BCUT2D eigenvalue weighted by Gasteiger charge is 2.07. The van der Waals surface area contributed by atoms with Crippen LogP contribution in [-0.4, -0.2) is 23.3 Å². The van der Waals surface area contributed by atoms with Crippen molar-refractivity contribution < 1.29 is 14.3 Å². The zero-order valence-electron chi connectivity index (χ0n) is 10.0. The highest BCUT2D eigenvalue weighted by molar-refractivity contribution is 5.83. The average Bonchev–Trinajstić information content (AvgIpc) is 2.35. The Morgan fingerprint density at radius 2 is 2.12 bits per heavy atom. The van der Waals surface area contributed by atoms with E-state index in [4.69, 9.17) is 4.74 Å². The number of pyridine rings is 1. The van der Waals surface area contributed by atoms with E-state index in [0.717, 1.165) is 5.56 Å². The Labute approximate surface area is 101 Å². The van der Waals surface area contributed by atoms with Gasteiger partial charge in [-0.25, -0.2) is 0 Å². The minimum absolute atomic E-state index is 0.0851. The Morgan fingerprint density at radius 1 is 1.29 bits per heavy atom. The fraction of sp³-hybridized carbons (Fsp3) is 0.462. The maximum absolute atomic E-state index is 11.5. The number of hydrogen-bond donors (Lipinski definition) is 0. The van der Waals surface area contributed by atoms with Crippen molar-refractivity contribution in [3.8, 4) is 0 Å². The Bertz CT molecular complexity index is 362. The summed E-state index contributed by atoms with van der Waals surface area (Å²) in [5, 5.41) is 0. The van der Waals surface area contributed by atoms with Crippen LogP contribution in [0.3, 0.4) is 0 Å². The highest BCUT2D eigenvalue weighted by atomic mass is 16.5. The molecule has 17 heavy (non-hydrogen) atoms. The molecule has 0 aromatic carbocycles. The van der Waals surface area contributed by atoms with Gasteiger partial charge in [-0.15, -0.1) is 0 Å². The normalized spacial score (nSPS) is 9.94. The summed E-state index contributed by atoms with van der Waals surface area (Å²) < 4.78 is 4.75. The first-order chi connectivity index (χ1) is 8.22. The van der Waals surface area contributed by atoms with Crippen molar-refractivity contribution in [2.24, 2.45) is 0 Å². The van der Waals surface area contributed by atoms with Gasteiger partial charge in [0.25, 0.3) is 0 Å². The number of ether oxygens (including phenoxy) is 1. The number of ketones is 1. The van der Waals surface area contributed by atoms with E-state index in [9.17, 15) is 9.59 Å². The molecule has 0 saturated heterocycles. The molecule has 0 amide bonds. The third-order valence-corrected chi connectivity index (χ3v) is 2.33. The molecule has 1 rings (SSSR count). The van der Waals surface area contributed by atoms with Crippen molar-refractivity contribution in [2.45, 2.75) is 32.6 Å². The van der Waals surface area contributed by atoms with Crippen LogP contribution in [-0.2, 0) is 20.7 Å². The van der Waals surface area contributed by atoms with E-state index in [1.165, 1.54) is 0 Å². The lowest BCUT2D eigenvalue weighted by atomic mass is 10.1. The molecule has 0 aliphatic heterocycles. The summed E-state index contributed by atoms with van der Waals surface area (Å²) in [7, 11) is 0. The van der Waals surface area contributed by atoms with Gasteiger partial charge in [-0.3, -0.25) is 14.6 Å². The maximum atomic E-state index is 11.5. The second-order valence-electron chi connectivity index (χ2n) is 3.70. The maximum Gasteiger partial charge on any atom is 0.306 e. The van der Waals surface area contributed by atoms with Crippen molar-refractivity contribution in [1.82, 2.24) is 4.98 Å². The Hall–Kier alpha value is -1.71. The van der Waals surface area contributed by atoms with Crippen LogP contribution >= 0.6 is 0 Å². The lowest BCUT2D eigenvalue weighted by molar-refractivity contribution is -0.144. The summed E-state index contributed by atoms with van der Waals surface area (Å²) in [6.45, 7) is 2.12. The summed E-state index contributed by atoms with van der Waals surface area (Å²) in [5.74, 6) is -0.218. The second kappa shape index (κ2) is 7.54. The van der Waals surface area contributed by atoms with E-state index in [2.05, 4.69) is 4.98 Å². The van der Waals surface area contributed by atoms with Gasteiger partial charge in [0.15, 0.2) is 0 Å². The summed E-state index contributed by atoms with van der Waals surface area (Å²) in [6, 6.07) is 3.78. The SMILES string of the molecule is CCOC(=O)CCC(=O)CCc1cccnc1. The van der Waals surface area contributed by atoms with Crippen molar-refractivity contribution in [2.75, 3.05) is 6.61 Å². The third-order valence-electron chi connectivity index (χ3n) is 2.33. The smallest absolute Gasteiger partial charge is 0.306 e. The minimum Gasteiger partial charge on any atom is -0.466 e. The molecule has 1 aromatic rings. The molecular weight excluding hydrogens is 218 g/mol. The van der Waals surface area contributed by atoms with Crippen molar-refractivity contribution in [1.29, 1.82) is 0 Å². The molecule has 1 heterocycles. The summed E-state index contributed by atoms with van der Waals surface area (Å²) in [5.41, 5.74) is 1.04. The number of hydrogen-bond acceptors (Lipinski definition) is 4. The molecule has 0 fully saturated rings. The topological polar surface area (TPSA) is 56.3 Å². The van der Waals surface area contributed by atoms with Crippen LogP contribution in [0.1, 0.15) is 31.7 Å². The molecule has 0 atom stereocenters. The first-order valence-corrected chi connectivity index (χ1v) is 5.78. The number of nitrogens with zero attached hydrogens (tertiary/aromatic N) is 1. The predicted molar refractivity (Wildman–Crippen MR) is 63.4 cm³/mol. The van der Waals surface area contributed by atoms with E-state index in [1.54, 1.807) is 19.3 Å². The van der Waals surface area contributed by atoms with Crippen molar-refractivity contribution >= 4 is 11.8 Å². The van der Waals surface area contributed by atoms with Crippen molar-refractivity contribution in [3.05, 3.63) is 30.1 Å². The van der Waals surface area contributed by atoms with Crippen LogP contribution in [0.5, 0.6) is 0 Å². The molecule has 0 unspecified atom stereocenters. The Kier molecular flexibility index (Phi) is 5.93. The third kappa shape index (κ3) is 5.80. The van der Waals surface area contributed by atoms with Gasteiger partial charge in [0.05, 0.1) is 13.0 Å². The van der Waals surface area contributed by atoms with Crippen LogP contribution in [0.15, 0.2) is 24.5 Å². The first-order valence-electron chi connectivity index (χ1n) is 5.78. The van der Waals surface area contributed by atoms with E-state index >= 15 is 0 Å². The number of rotatable bonds is 7. The van der Waals surface area contributed by atoms with E-state index in [1.807, 2.05) is 12.1 Å². The fourth-order valence-corrected chi connectivity index (χ4v) is 1.43. The van der Waals surface area contributed by atoms with Gasteiger partial charge in [-0.1, -0.05) is 6.07 Å². The molecule has 4 nitrogen and oxygen atoms in total. The van der Waals surface area contributed by atoms with Gasteiger partial charge in [0.1, 0.15) is 5.78 Å². The van der Waals surface area contributed by atoms with Crippen LogP contribution in [0.25, 0.3) is 0 Å². The molecule has 0 aliphatic rings. The quantitative estimate of drug-likeness (QED) is 0.677. The second-order valence-corrected chi connectivity index (χ2v) is 3.70. The van der Waals surface area contributed by atoms with Gasteiger partial charge >= 0.3 is 5.97 Å². The fourth-order valence-electron chi connectivity index (χ4n) is 1.43. The summed E-state index contributed by atoms with van der Waals surface area (Å²) in [4.78, 5) is 26.5. The van der Waals surface area contributed by atoms with Crippen LogP contribution in [0.2, 0.25) is 0 Å². The number of Topliss-reactive ketones (excluding diaryl/α,β-unsaturated/α-hetero) is 1. The molecular formula is C13H17NO3. The molecule has 0 aliphatic carbocycles. The Morgan fingerprint density at radius 3 is 2.76 bits per heavy atom. The molecule has 0 saturated carbocycles. The largest absolute Gasteiger partial charge is 0.466 e. The van der Waals surface area contributed by atoms with Gasteiger partial charge in [0.2, 0.25) is 0 Å². The van der Waals surface area contributed by atoms with Gasteiger partial charge in [-0.2, -0.15) is 0 Å². The number of aromatic nitrogens is 1. The summed E-state index contributed by atoms with van der Waals surface area (Å²) >= 11 is 0. The monoisotopic (exact) mass is 235 g/mol. The standard InChI is InChI=1S/C13H17NO3/c1-2-17-13(16)8-7-12(15)6-5-11-4-3-9-14-10-11/h3-4,9-10H,2,5-8H2,1H3. The number of esters is 1. The van der Waals surface area contributed by atoms with Crippen LogP contribution in [0, 0.1) is 0 Å². The molecule has 0 N–H and O–H groups in total. The lowest BCUT2D eigenvalue weighted by Gasteiger charge is -2.02. The first kappa shape index (κ1) is 13.4. The van der Waals surface area contributed by atoms with E-state index < -0.39 is 0 Å². The number of aryl methyl sites for hydroxylation is 1. The van der Waals surface area contributed by atoms with Crippen LogP contribution in [0.4, 0.5) is 0 Å². The van der Waals surface area contributed by atoms with Crippen molar-refractivity contribution in [3.63, 3.8) is 0 Å². The molecule has 0 radical (unpaired) electrons. The predicted octanol–water partition coefficient (Wildman–Crippen LogP) is 1.93. The Balaban J connectivity index is 2.20. The van der Waals surface area contributed by atoms with Gasteiger partial charge in [0, 0.05) is 25.2 Å². The summed E-state index contributed by atoms with van der Waals surface area (Å²) in [6.07, 6.45) is 5.02. The molecule has 4 heteroatoms. The zero-order valence-corrected chi connectivity index (χ0v) is 10.0. The molecule has 0 spiro atoms. The van der Waals surface area contributed by atoms with Crippen LogP contribution < -0.4 is 0 Å². The molecule has 0 bridgehead atoms. The molecule has 1 aromatic heterocycles. The minimum atomic E-state index is -0.303. The number of carbonyl (C=O) groups is 2. The highest BCUT2D eigenvalue weighted by Crippen LogP contribution is 2.04. The zero-order chi connectivity index (χ0) is 12.5. The van der Waals surface area contributed by atoms with E-state index in [0.29, 0.717) is 19.4 Å². The average molecular weight is 235 g/mol. The molecule has 92 valence electrons. The van der Waals surface area contributed by atoms with Gasteiger partial charge in [-0.05, 0) is 25.0 Å². The van der Waals surface area contributed by atoms with E-state index in [-0.39, 0.29) is 24.6 Å². The van der Waals surface area contributed by atoms with Gasteiger partial charge < -0.3 is 4.74 Å². The lowest BCUT2D eigenvalue weighted by Crippen LogP contribution is -2.08. The number of carbonyl (C=O) groups excluding carboxylic acids is 2.